The first-order valence-corrected chi connectivity index (χ1v) is 8.86. The number of H-pyrrole nitrogens is 1. The zero-order chi connectivity index (χ0) is 17.5. The maximum atomic E-state index is 4.67. The highest BCUT2D eigenvalue weighted by Crippen LogP contribution is 2.27. The number of aromatic amines is 1. The van der Waals surface area contributed by atoms with E-state index < -0.39 is 0 Å². The fourth-order valence-corrected chi connectivity index (χ4v) is 3.40. The van der Waals surface area contributed by atoms with Crippen LogP contribution < -0.4 is 5.32 Å². The molecule has 132 valence electrons. The van der Waals surface area contributed by atoms with Crippen LogP contribution in [0.2, 0.25) is 0 Å². The van der Waals surface area contributed by atoms with Crippen molar-refractivity contribution in [2.45, 2.75) is 18.9 Å². The number of allylic oxidation sites excluding steroid dienone is 4. The van der Waals surface area contributed by atoms with Crippen LogP contribution in [0.5, 0.6) is 0 Å². The summed E-state index contributed by atoms with van der Waals surface area (Å²) in [5.41, 5.74) is 3.53. The maximum Gasteiger partial charge on any atom is 0.162 e. The average molecular weight is 348 g/mol. The van der Waals surface area contributed by atoms with Gasteiger partial charge in [-0.3, -0.25) is 9.78 Å². The number of hydrogen-bond donors (Lipinski definition) is 2. The minimum Gasteiger partial charge on any atom is -0.336 e. The van der Waals surface area contributed by atoms with E-state index in [0.717, 1.165) is 48.2 Å². The van der Waals surface area contributed by atoms with E-state index >= 15 is 0 Å². The Hall–Kier alpha value is -3.00. The maximum absolute atomic E-state index is 4.67. The SMILES string of the molecule is CN1CCC(n2cc(Nc3nc(C4=CC=C4)nc4cn[nH]c34)cn2)CC1. The molecule has 0 spiro atoms. The summed E-state index contributed by atoms with van der Waals surface area (Å²) in [4.78, 5) is 11.6. The predicted octanol–water partition coefficient (Wildman–Crippen LogP) is 2.51. The lowest BCUT2D eigenvalue weighted by molar-refractivity contribution is 0.212. The first-order valence-electron chi connectivity index (χ1n) is 8.86. The molecular weight excluding hydrogens is 328 g/mol. The van der Waals surface area contributed by atoms with Crippen molar-refractivity contribution in [1.29, 1.82) is 0 Å². The molecule has 5 rings (SSSR count). The van der Waals surface area contributed by atoms with Crippen molar-refractivity contribution in [1.82, 2.24) is 34.8 Å². The Morgan fingerprint density at radius 2 is 2.04 bits per heavy atom. The Morgan fingerprint density at radius 3 is 2.81 bits per heavy atom. The number of hydrogen-bond acceptors (Lipinski definition) is 6. The lowest BCUT2D eigenvalue weighted by Gasteiger charge is -2.28. The van der Waals surface area contributed by atoms with Crippen LogP contribution in [0.25, 0.3) is 16.6 Å². The minimum absolute atomic E-state index is 0.458. The number of rotatable bonds is 4. The van der Waals surface area contributed by atoms with Gasteiger partial charge in [0.15, 0.2) is 11.6 Å². The third-order valence-corrected chi connectivity index (χ3v) is 5.04. The smallest absolute Gasteiger partial charge is 0.162 e. The molecule has 4 heterocycles. The van der Waals surface area contributed by atoms with Crippen molar-refractivity contribution in [2.24, 2.45) is 0 Å². The summed E-state index contributed by atoms with van der Waals surface area (Å²) in [6.07, 6.45) is 13.9. The van der Waals surface area contributed by atoms with Crippen molar-refractivity contribution in [3.8, 4) is 0 Å². The molecule has 1 fully saturated rings. The second-order valence-corrected chi connectivity index (χ2v) is 6.88. The Kier molecular flexibility index (Phi) is 3.56. The van der Waals surface area contributed by atoms with Gasteiger partial charge >= 0.3 is 0 Å². The van der Waals surface area contributed by atoms with Crippen molar-refractivity contribution < 1.29 is 0 Å². The third kappa shape index (κ3) is 2.68. The molecule has 1 saturated heterocycles. The predicted molar refractivity (Wildman–Crippen MR) is 100 cm³/mol. The van der Waals surface area contributed by atoms with Crippen LogP contribution in [-0.2, 0) is 0 Å². The van der Waals surface area contributed by atoms with Crippen LogP contribution in [0.4, 0.5) is 11.5 Å². The first-order chi connectivity index (χ1) is 12.8. The zero-order valence-electron chi connectivity index (χ0n) is 14.6. The van der Waals surface area contributed by atoms with Crippen LogP contribution in [-0.4, -0.2) is 55.0 Å². The number of aromatic nitrogens is 6. The van der Waals surface area contributed by atoms with Gasteiger partial charge in [-0.25, -0.2) is 9.97 Å². The van der Waals surface area contributed by atoms with Gasteiger partial charge in [0.05, 0.1) is 24.1 Å². The molecule has 0 bridgehead atoms. The molecule has 1 aliphatic heterocycles. The summed E-state index contributed by atoms with van der Waals surface area (Å²) < 4.78 is 2.07. The normalized spacial score (nSPS) is 18.1. The fraction of sp³-hybridized carbons (Fsp3) is 0.333. The van der Waals surface area contributed by atoms with Gasteiger partial charge < -0.3 is 10.2 Å². The number of likely N-dealkylation sites (tertiary alicyclic amines) is 1. The highest BCUT2D eigenvalue weighted by Gasteiger charge is 2.19. The van der Waals surface area contributed by atoms with Crippen LogP contribution >= 0.6 is 0 Å². The second-order valence-electron chi connectivity index (χ2n) is 6.88. The average Bonchev–Trinajstić information content (AvgIpc) is 3.23. The Labute approximate surface area is 150 Å². The summed E-state index contributed by atoms with van der Waals surface area (Å²) in [6, 6.07) is 0.458. The molecule has 26 heavy (non-hydrogen) atoms. The molecule has 2 N–H and O–H groups in total. The van der Waals surface area contributed by atoms with E-state index in [1.807, 2.05) is 24.4 Å². The van der Waals surface area contributed by atoms with Crippen LogP contribution in [0, 0.1) is 0 Å². The van der Waals surface area contributed by atoms with Gasteiger partial charge in [0.1, 0.15) is 11.0 Å². The Morgan fingerprint density at radius 1 is 1.19 bits per heavy atom. The molecular formula is C18H20N8. The van der Waals surface area contributed by atoms with E-state index in [4.69, 9.17) is 0 Å². The Bertz CT molecular complexity index is 1000. The zero-order valence-corrected chi connectivity index (χ0v) is 14.6. The summed E-state index contributed by atoms with van der Waals surface area (Å²) in [5.74, 6) is 1.42. The molecule has 0 amide bonds. The van der Waals surface area contributed by atoms with E-state index in [1.54, 1.807) is 6.20 Å². The number of nitrogens with one attached hydrogen (secondary N) is 2. The molecule has 3 aromatic rings. The highest BCUT2D eigenvalue weighted by molar-refractivity contribution is 5.89. The fourth-order valence-electron chi connectivity index (χ4n) is 3.40. The quantitative estimate of drug-likeness (QED) is 0.753. The van der Waals surface area contributed by atoms with Gasteiger partial charge in [-0.05, 0) is 33.0 Å². The number of fused-ring (bicyclic) bond motifs is 1. The Balaban J connectivity index is 1.42. The molecule has 2 aliphatic rings. The monoisotopic (exact) mass is 348 g/mol. The molecule has 0 saturated carbocycles. The number of anilines is 2. The molecule has 0 unspecified atom stereocenters. The molecule has 0 atom stereocenters. The summed E-state index contributed by atoms with van der Waals surface area (Å²) in [7, 11) is 2.17. The lowest BCUT2D eigenvalue weighted by Crippen LogP contribution is -2.31. The summed E-state index contributed by atoms with van der Waals surface area (Å²) in [5, 5.41) is 15.0. The summed E-state index contributed by atoms with van der Waals surface area (Å²) >= 11 is 0. The van der Waals surface area contributed by atoms with E-state index in [0.29, 0.717) is 17.7 Å². The third-order valence-electron chi connectivity index (χ3n) is 5.04. The van der Waals surface area contributed by atoms with Crippen molar-refractivity contribution in [3.05, 3.63) is 42.6 Å². The van der Waals surface area contributed by atoms with E-state index in [9.17, 15) is 0 Å². The molecule has 8 heteroatoms. The molecule has 0 radical (unpaired) electrons. The van der Waals surface area contributed by atoms with Crippen LogP contribution in [0.1, 0.15) is 24.7 Å². The van der Waals surface area contributed by atoms with E-state index in [1.165, 1.54) is 0 Å². The molecule has 3 aromatic heterocycles. The topological polar surface area (TPSA) is 87.5 Å². The summed E-state index contributed by atoms with van der Waals surface area (Å²) in [6.45, 7) is 2.22. The highest BCUT2D eigenvalue weighted by atomic mass is 15.3. The van der Waals surface area contributed by atoms with Gasteiger partial charge in [-0.1, -0.05) is 18.2 Å². The molecule has 1 aliphatic carbocycles. The standard InChI is InChI=1S/C18H20N8/c1-25-7-5-14(6-8-25)26-11-13(9-20-26)21-18-16-15(10-19-24-16)22-17(23-18)12-3-2-4-12/h2-4,9-11,14H,5-8H2,1H3,(H,19,24)(H,21,22,23). The van der Waals surface area contributed by atoms with Gasteiger partial charge in [0.25, 0.3) is 0 Å². The van der Waals surface area contributed by atoms with Gasteiger partial charge in [0, 0.05) is 11.8 Å². The van der Waals surface area contributed by atoms with Crippen molar-refractivity contribution >= 4 is 28.1 Å². The van der Waals surface area contributed by atoms with Gasteiger partial charge in [0.2, 0.25) is 0 Å². The van der Waals surface area contributed by atoms with E-state index in [-0.39, 0.29) is 0 Å². The second kappa shape index (κ2) is 6.06. The minimum atomic E-state index is 0.458. The van der Waals surface area contributed by atoms with E-state index in [2.05, 4.69) is 53.4 Å². The van der Waals surface area contributed by atoms with Crippen LogP contribution in [0.3, 0.4) is 0 Å². The number of nitrogens with zero attached hydrogens (tertiary/aromatic N) is 6. The van der Waals surface area contributed by atoms with Crippen molar-refractivity contribution in [2.75, 3.05) is 25.5 Å². The van der Waals surface area contributed by atoms with Gasteiger partial charge in [-0.15, -0.1) is 0 Å². The van der Waals surface area contributed by atoms with Crippen molar-refractivity contribution in [3.63, 3.8) is 0 Å². The molecule has 0 aromatic carbocycles. The molecule has 8 nitrogen and oxygen atoms in total. The van der Waals surface area contributed by atoms with Crippen LogP contribution in [0.15, 0.2) is 36.8 Å². The largest absolute Gasteiger partial charge is 0.336 e. The van der Waals surface area contributed by atoms with Gasteiger partial charge in [-0.2, -0.15) is 10.2 Å². The lowest BCUT2D eigenvalue weighted by atomic mass is 10.1. The number of piperidine rings is 1. The first kappa shape index (κ1) is 15.3.